The van der Waals surface area contributed by atoms with Crippen molar-refractivity contribution in [3.63, 3.8) is 0 Å². The SMILES string of the molecule is N#Cc1c[nH]c(C(=O)Nc2ccc(N3CCC(O)CC3)c(C#N)c2)c1. The Morgan fingerprint density at radius 3 is 2.64 bits per heavy atom. The molecule has 1 fully saturated rings. The summed E-state index contributed by atoms with van der Waals surface area (Å²) in [5.41, 5.74) is 2.45. The van der Waals surface area contributed by atoms with Gasteiger partial charge in [-0.2, -0.15) is 10.5 Å². The largest absolute Gasteiger partial charge is 0.393 e. The predicted octanol–water partition coefficient (Wildman–Crippen LogP) is 1.97. The monoisotopic (exact) mass is 335 g/mol. The van der Waals surface area contributed by atoms with E-state index in [9.17, 15) is 15.2 Å². The summed E-state index contributed by atoms with van der Waals surface area (Å²) in [6, 6.07) is 10.8. The number of aromatic nitrogens is 1. The van der Waals surface area contributed by atoms with E-state index in [0.717, 1.165) is 5.69 Å². The first kappa shape index (κ1) is 16.6. The van der Waals surface area contributed by atoms with Crippen LogP contribution in [-0.4, -0.2) is 35.2 Å². The molecule has 0 radical (unpaired) electrons. The van der Waals surface area contributed by atoms with Crippen LogP contribution in [0.2, 0.25) is 0 Å². The van der Waals surface area contributed by atoms with Crippen molar-refractivity contribution in [3.8, 4) is 12.1 Å². The number of rotatable bonds is 3. The molecule has 0 aliphatic carbocycles. The van der Waals surface area contributed by atoms with Gasteiger partial charge in [-0.25, -0.2) is 0 Å². The second-order valence-electron chi connectivity index (χ2n) is 5.93. The standard InChI is InChI=1S/C18H17N5O2/c19-9-12-7-16(21-11-12)18(25)22-14-1-2-17(13(8-14)10-20)23-5-3-15(24)4-6-23/h1-2,7-8,11,15,21,24H,3-6H2,(H,22,25). The van der Waals surface area contributed by atoms with Crippen molar-refractivity contribution in [3.05, 3.63) is 47.3 Å². The molecule has 7 heteroatoms. The average Bonchev–Trinajstić information content (AvgIpc) is 3.12. The number of amides is 1. The Kier molecular flexibility index (Phi) is 4.69. The van der Waals surface area contributed by atoms with Crippen molar-refractivity contribution >= 4 is 17.3 Å². The summed E-state index contributed by atoms with van der Waals surface area (Å²) in [4.78, 5) is 17.0. The number of hydrogen-bond donors (Lipinski definition) is 3. The van der Waals surface area contributed by atoms with Crippen molar-refractivity contribution in [2.24, 2.45) is 0 Å². The first-order valence-electron chi connectivity index (χ1n) is 7.97. The van der Waals surface area contributed by atoms with Crippen LogP contribution in [0.3, 0.4) is 0 Å². The number of aromatic amines is 1. The van der Waals surface area contributed by atoms with Gasteiger partial charge in [0.15, 0.2) is 0 Å². The van der Waals surface area contributed by atoms with Gasteiger partial charge in [-0.1, -0.05) is 0 Å². The number of anilines is 2. The van der Waals surface area contributed by atoms with Crippen LogP contribution < -0.4 is 10.2 Å². The quantitative estimate of drug-likeness (QED) is 0.793. The Hall–Kier alpha value is -3.29. The molecule has 126 valence electrons. The molecule has 1 aromatic carbocycles. The van der Waals surface area contributed by atoms with Crippen molar-refractivity contribution in [2.45, 2.75) is 18.9 Å². The first-order chi connectivity index (χ1) is 12.1. The van der Waals surface area contributed by atoms with Crippen molar-refractivity contribution < 1.29 is 9.90 Å². The second kappa shape index (κ2) is 7.08. The molecule has 25 heavy (non-hydrogen) atoms. The molecule has 0 bridgehead atoms. The first-order valence-corrected chi connectivity index (χ1v) is 7.97. The lowest BCUT2D eigenvalue weighted by atomic mass is 10.0. The molecule has 0 unspecified atom stereocenters. The number of nitriles is 2. The molecule has 1 aromatic heterocycles. The minimum atomic E-state index is -0.376. The molecule has 0 saturated carbocycles. The van der Waals surface area contributed by atoms with E-state index in [4.69, 9.17) is 5.26 Å². The molecular weight excluding hydrogens is 318 g/mol. The molecule has 7 nitrogen and oxygen atoms in total. The van der Waals surface area contributed by atoms with Gasteiger partial charge < -0.3 is 20.3 Å². The van der Waals surface area contributed by atoms with Gasteiger partial charge in [0.25, 0.3) is 5.91 Å². The number of carbonyl (C=O) groups excluding carboxylic acids is 1. The third-order valence-corrected chi connectivity index (χ3v) is 4.24. The molecule has 1 aliphatic heterocycles. The lowest BCUT2D eigenvalue weighted by Gasteiger charge is -2.32. The van der Waals surface area contributed by atoms with E-state index in [1.807, 2.05) is 6.07 Å². The summed E-state index contributed by atoms with van der Waals surface area (Å²) in [5, 5.41) is 30.6. The average molecular weight is 335 g/mol. The van der Waals surface area contributed by atoms with Crippen LogP contribution in [0.5, 0.6) is 0 Å². The van der Waals surface area contributed by atoms with Crippen LogP contribution in [0.4, 0.5) is 11.4 Å². The highest BCUT2D eigenvalue weighted by molar-refractivity contribution is 6.03. The fourth-order valence-electron chi connectivity index (χ4n) is 2.87. The highest BCUT2D eigenvalue weighted by Gasteiger charge is 2.20. The van der Waals surface area contributed by atoms with Gasteiger partial charge in [-0.05, 0) is 37.1 Å². The summed E-state index contributed by atoms with van der Waals surface area (Å²) in [6.07, 6.45) is 2.54. The third kappa shape index (κ3) is 3.63. The normalized spacial score (nSPS) is 14.6. The molecule has 2 aromatic rings. The maximum atomic E-state index is 12.2. The summed E-state index contributed by atoms with van der Waals surface area (Å²) >= 11 is 0. The van der Waals surface area contributed by atoms with Crippen LogP contribution in [0.1, 0.15) is 34.5 Å². The van der Waals surface area contributed by atoms with Gasteiger partial charge in [0.2, 0.25) is 0 Å². The van der Waals surface area contributed by atoms with Crippen LogP contribution in [0.25, 0.3) is 0 Å². The fraction of sp³-hybridized carbons (Fsp3) is 0.278. The predicted molar refractivity (Wildman–Crippen MR) is 92.1 cm³/mol. The summed E-state index contributed by atoms with van der Waals surface area (Å²) in [7, 11) is 0. The van der Waals surface area contributed by atoms with E-state index in [0.29, 0.717) is 42.7 Å². The molecule has 1 saturated heterocycles. The topological polar surface area (TPSA) is 116 Å². The van der Waals surface area contributed by atoms with Crippen LogP contribution in [0, 0.1) is 22.7 Å². The molecule has 0 atom stereocenters. The van der Waals surface area contributed by atoms with E-state index >= 15 is 0 Å². The highest BCUT2D eigenvalue weighted by atomic mass is 16.3. The molecule has 1 aliphatic rings. The zero-order valence-electron chi connectivity index (χ0n) is 13.5. The molecule has 2 heterocycles. The smallest absolute Gasteiger partial charge is 0.272 e. The van der Waals surface area contributed by atoms with E-state index < -0.39 is 0 Å². The Labute approximate surface area is 145 Å². The van der Waals surface area contributed by atoms with Gasteiger partial charge in [0.05, 0.1) is 22.9 Å². The highest BCUT2D eigenvalue weighted by Crippen LogP contribution is 2.27. The molecule has 3 rings (SSSR count). The lowest BCUT2D eigenvalue weighted by molar-refractivity contribution is 0.102. The number of aliphatic hydroxyl groups excluding tert-OH is 1. The Morgan fingerprint density at radius 2 is 2.00 bits per heavy atom. The van der Waals surface area contributed by atoms with Gasteiger partial charge in [-0.3, -0.25) is 4.79 Å². The Bertz CT molecular complexity index is 866. The fourth-order valence-corrected chi connectivity index (χ4v) is 2.87. The Morgan fingerprint density at radius 1 is 1.24 bits per heavy atom. The number of nitrogens with zero attached hydrogens (tertiary/aromatic N) is 3. The van der Waals surface area contributed by atoms with E-state index in [1.165, 1.54) is 12.3 Å². The zero-order chi connectivity index (χ0) is 17.8. The molecule has 3 N–H and O–H groups in total. The van der Waals surface area contributed by atoms with Gasteiger partial charge in [0.1, 0.15) is 17.8 Å². The summed E-state index contributed by atoms with van der Waals surface area (Å²) < 4.78 is 0. The second-order valence-corrected chi connectivity index (χ2v) is 5.93. The third-order valence-electron chi connectivity index (χ3n) is 4.24. The number of carbonyl (C=O) groups is 1. The van der Waals surface area contributed by atoms with E-state index in [1.54, 1.807) is 18.2 Å². The van der Waals surface area contributed by atoms with Gasteiger partial charge in [-0.15, -0.1) is 0 Å². The zero-order valence-corrected chi connectivity index (χ0v) is 13.5. The molecular formula is C18H17N5O2. The maximum Gasteiger partial charge on any atom is 0.272 e. The minimum Gasteiger partial charge on any atom is -0.393 e. The van der Waals surface area contributed by atoms with Crippen LogP contribution in [-0.2, 0) is 0 Å². The van der Waals surface area contributed by atoms with E-state index in [2.05, 4.69) is 21.3 Å². The van der Waals surface area contributed by atoms with Crippen LogP contribution >= 0.6 is 0 Å². The number of hydrogen-bond acceptors (Lipinski definition) is 5. The van der Waals surface area contributed by atoms with Gasteiger partial charge >= 0.3 is 0 Å². The number of nitrogens with one attached hydrogen (secondary N) is 2. The molecule has 0 spiro atoms. The van der Waals surface area contributed by atoms with Crippen molar-refractivity contribution in [1.82, 2.24) is 4.98 Å². The summed E-state index contributed by atoms with van der Waals surface area (Å²) in [5.74, 6) is -0.376. The minimum absolute atomic E-state index is 0.278. The maximum absolute atomic E-state index is 12.2. The van der Waals surface area contributed by atoms with Crippen molar-refractivity contribution in [2.75, 3.05) is 23.3 Å². The number of benzene rings is 1. The van der Waals surface area contributed by atoms with Gasteiger partial charge in [0, 0.05) is 25.0 Å². The number of piperidine rings is 1. The van der Waals surface area contributed by atoms with Crippen LogP contribution in [0.15, 0.2) is 30.5 Å². The van der Waals surface area contributed by atoms with E-state index in [-0.39, 0.29) is 17.7 Å². The summed E-state index contributed by atoms with van der Waals surface area (Å²) in [6.45, 7) is 1.39. The number of aliphatic hydroxyl groups is 1. The molecule has 1 amide bonds. The Balaban J connectivity index is 1.76. The lowest BCUT2D eigenvalue weighted by Crippen LogP contribution is -2.36. The van der Waals surface area contributed by atoms with Crippen molar-refractivity contribution in [1.29, 1.82) is 10.5 Å². The number of H-pyrrole nitrogens is 1.